The lowest BCUT2D eigenvalue weighted by molar-refractivity contribution is 1.21. The Labute approximate surface area is 96.0 Å². The normalized spacial score (nSPS) is 9.80. The van der Waals surface area contributed by atoms with Crippen molar-refractivity contribution in [3.63, 3.8) is 0 Å². The Balaban J connectivity index is 2.08. The van der Waals surface area contributed by atoms with Crippen LogP contribution in [0.2, 0.25) is 0 Å². The van der Waals surface area contributed by atoms with E-state index < -0.39 is 0 Å². The average Bonchev–Trinajstić information content (AvgIpc) is 2.79. The van der Waals surface area contributed by atoms with Crippen LogP contribution in [0, 0.1) is 11.3 Å². The molecule has 1 aromatic carbocycles. The van der Waals surface area contributed by atoms with Crippen LogP contribution in [0.4, 0.5) is 0 Å². The van der Waals surface area contributed by atoms with Crippen LogP contribution < -0.4 is 0 Å². The smallest absolute Gasteiger partial charge is 0.170 e. The molecule has 0 aliphatic heterocycles. The van der Waals surface area contributed by atoms with E-state index in [1.807, 2.05) is 24.3 Å². The first-order valence-electron chi connectivity index (χ1n) is 4.27. The van der Waals surface area contributed by atoms with Gasteiger partial charge in [-0.05, 0) is 23.2 Å². The molecular weight excluding hydrogens is 226 g/mol. The number of thioether (sulfide) groups is 1. The van der Waals surface area contributed by atoms with Gasteiger partial charge < -0.3 is 0 Å². The molecule has 5 heteroatoms. The molecule has 0 saturated carbocycles. The van der Waals surface area contributed by atoms with Gasteiger partial charge in [-0.2, -0.15) is 9.64 Å². The van der Waals surface area contributed by atoms with E-state index in [0.717, 1.165) is 21.2 Å². The van der Waals surface area contributed by atoms with Crippen molar-refractivity contribution >= 4 is 23.3 Å². The Kier molecular flexibility index (Phi) is 3.33. The molecular formula is C10H7N3S2. The van der Waals surface area contributed by atoms with E-state index in [9.17, 15) is 0 Å². The van der Waals surface area contributed by atoms with Crippen LogP contribution in [0.15, 0.2) is 34.9 Å². The van der Waals surface area contributed by atoms with Crippen LogP contribution in [-0.2, 0) is 5.75 Å². The Hall–Kier alpha value is -1.38. The first-order chi connectivity index (χ1) is 7.40. The third kappa shape index (κ3) is 2.55. The molecule has 0 bridgehead atoms. The van der Waals surface area contributed by atoms with E-state index in [0.29, 0.717) is 0 Å². The number of nitrogens with zero attached hydrogens (tertiary/aromatic N) is 3. The second kappa shape index (κ2) is 4.91. The summed E-state index contributed by atoms with van der Waals surface area (Å²) in [6, 6.07) is 9.79. The summed E-state index contributed by atoms with van der Waals surface area (Å²) in [6.45, 7) is 0. The summed E-state index contributed by atoms with van der Waals surface area (Å²) in [5.74, 6) is 0.763. The molecule has 0 aliphatic carbocycles. The maximum atomic E-state index is 8.89. The average molecular weight is 233 g/mol. The van der Waals surface area contributed by atoms with Gasteiger partial charge in [0.15, 0.2) is 4.34 Å². The predicted molar refractivity (Wildman–Crippen MR) is 60.6 cm³/mol. The lowest BCUT2D eigenvalue weighted by atomic mass is 10.1. The third-order valence-electron chi connectivity index (χ3n) is 1.83. The standard InChI is InChI=1S/C10H7N3S2/c11-5-8-3-1-2-4-9(8)6-14-10-12-7-13-15-10/h1-4,7H,6H2. The van der Waals surface area contributed by atoms with Gasteiger partial charge in [-0.3, -0.25) is 0 Å². The van der Waals surface area contributed by atoms with E-state index in [-0.39, 0.29) is 0 Å². The van der Waals surface area contributed by atoms with E-state index >= 15 is 0 Å². The summed E-state index contributed by atoms with van der Waals surface area (Å²) in [6.07, 6.45) is 1.54. The third-order valence-corrected chi connectivity index (χ3v) is 3.68. The zero-order chi connectivity index (χ0) is 10.5. The van der Waals surface area contributed by atoms with Crippen LogP contribution >= 0.6 is 23.3 Å². The molecule has 2 rings (SSSR count). The molecule has 74 valence electrons. The fourth-order valence-corrected chi connectivity index (χ4v) is 2.57. The van der Waals surface area contributed by atoms with Gasteiger partial charge in [0.25, 0.3) is 0 Å². The van der Waals surface area contributed by atoms with Gasteiger partial charge >= 0.3 is 0 Å². The Morgan fingerprint density at radius 3 is 3.00 bits per heavy atom. The second-order valence-corrected chi connectivity index (χ2v) is 4.77. The van der Waals surface area contributed by atoms with Gasteiger partial charge in [0.1, 0.15) is 6.33 Å². The minimum Gasteiger partial charge on any atom is -0.216 e. The Bertz CT molecular complexity index is 474. The largest absolute Gasteiger partial charge is 0.216 e. The quantitative estimate of drug-likeness (QED) is 0.765. The molecule has 0 unspecified atom stereocenters. The van der Waals surface area contributed by atoms with Crippen LogP contribution in [-0.4, -0.2) is 9.36 Å². The van der Waals surface area contributed by atoms with E-state index in [1.54, 1.807) is 18.1 Å². The lowest BCUT2D eigenvalue weighted by Crippen LogP contribution is -1.85. The molecule has 15 heavy (non-hydrogen) atoms. The molecule has 0 spiro atoms. The number of benzene rings is 1. The van der Waals surface area contributed by atoms with Gasteiger partial charge in [0.2, 0.25) is 0 Å². The van der Waals surface area contributed by atoms with Crippen LogP contribution in [0.25, 0.3) is 0 Å². The molecule has 0 atom stereocenters. The summed E-state index contributed by atoms with van der Waals surface area (Å²) in [5, 5.41) is 8.89. The highest BCUT2D eigenvalue weighted by molar-refractivity contribution is 8.00. The van der Waals surface area contributed by atoms with Crippen molar-refractivity contribution in [2.75, 3.05) is 0 Å². The van der Waals surface area contributed by atoms with Crippen molar-refractivity contribution in [3.05, 3.63) is 41.7 Å². The van der Waals surface area contributed by atoms with Crippen molar-refractivity contribution < 1.29 is 0 Å². The predicted octanol–water partition coefficient (Wildman–Crippen LogP) is 2.70. The Morgan fingerprint density at radius 2 is 2.27 bits per heavy atom. The highest BCUT2D eigenvalue weighted by atomic mass is 32.2. The van der Waals surface area contributed by atoms with Crippen molar-refractivity contribution in [2.24, 2.45) is 0 Å². The lowest BCUT2D eigenvalue weighted by Gasteiger charge is -2.00. The van der Waals surface area contributed by atoms with Gasteiger partial charge in [0, 0.05) is 5.75 Å². The fraction of sp³-hybridized carbons (Fsp3) is 0.100. The molecule has 0 aliphatic rings. The number of nitriles is 1. The molecule has 1 heterocycles. The maximum Gasteiger partial charge on any atom is 0.170 e. The summed E-state index contributed by atoms with van der Waals surface area (Å²) >= 11 is 2.98. The monoisotopic (exact) mass is 233 g/mol. The number of hydrogen-bond acceptors (Lipinski definition) is 5. The molecule has 0 amide bonds. The van der Waals surface area contributed by atoms with Gasteiger partial charge in [-0.15, -0.1) is 0 Å². The molecule has 0 radical (unpaired) electrons. The molecule has 2 aromatic rings. The van der Waals surface area contributed by atoms with Crippen molar-refractivity contribution in [2.45, 2.75) is 10.1 Å². The molecule has 1 aromatic heterocycles. The minimum absolute atomic E-state index is 0.731. The summed E-state index contributed by atoms with van der Waals surface area (Å²) in [4.78, 5) is 4.07. The van der Waals surface area contributed by atoms with E-state index in [4.69, 9.17) is 5.26 Å². The highest BCUT2D eigenvalue weighted by Crippen LogP contribution is 2.24. The van der Waals surface area contributed by atoms with Gasteiger partial charge in [-0.1, -0.05) is 30.0 Å². The van der Waals surface area contributed by atoms with Crippen LogP contribution in [0.1, 0.15) is 11.1 Å². The zero-order valence-corrected chi connectivity index (χ0v) is 9.38. The van der Waals surface area contributed by atoms with Gasteiger partial charge in [0.05, 0.1) is 11.6 Å². The molecule has 0 N–H and O–H groups in total. The number of rotatable bonds is 3. The summed E-state index contributed by atoms with van der Waals surface area (Å²) < 4.78 is 4.85. The van der Waals surface area contributed by atoms with Gasteiger partial charge in [-0.25, -0.2) is 4.98 Å². The van der Waals surface area contributed by atoms with Crippen LogP contribution in [0.5, 0.6) is 0 Å². The number of aromatic nitrogens is 2. The first-order valence-corrected chi connectivity index (χ1v) is 6.03. The summed E-state index contributed by atoms with van der Waals surface area (Å²) in [7, 11) is 0. The maximum absolute atomic E-state index is 8.89. The fourth-order valence-electron chi connectivity index (χ4n) is 1.12. The van der Waals surface area contributed by atoms with Crippen molar-refractivity contribution in [3.8, 4) is 6.07 Å². The SMILES string of the molecule is N#Cc1ccccc1CSc1ncns1. The van der Waals surface area contributed by atoms with Crippen molar-refractivity contribution in [1.29, 1.82) is 5.26 Å². The van der Waals surface area contributed by atoms with E-state index in [2.05, 4.69) is 15.4 Å². The first kappa shape index (κ1) is 10.1. The number of hydrogen-bond donors (Lipinski definition) is 0. The minimum atomic E-state index is 0.731. The second-order valence-electron chi connectivity index (χ2n) is 2.76. The molecule has 3 nitrogen and oxygen atoms in total. The zero-order valence-electron chi connectivity index (χ0n) is 7.75. The van der Waals surface area contributed by atoms with Crippen LogP contribution in [0.3, 0.4) is 0 Å². The van der Waals surface area contributed by atoms with Crippen molar-refractivity contribution in [1.82, 2.24) is 9.36 Å². The summed E-state index contributed by atoms with van der Waals surface area (Å²) in [5.41, 5.74) is 1.77. The Morgan fingerprint density at radius 1 is 1.40 bits per heavy atom. The van der Waals surface area contributed by atoms with E-state index in [1.165, 1.54) is 11.5 Å². The topological polar surface area (TPSA) is 49.6 Å². The molecule has 0 saturated heterocycles. The molecule has 0 fully saturated rings. The highest BCUT2D eigenvalue weighted by Gasteiger charge is 2.03.